The number of hydrogen-bond donors (Lipinski definition) is 1. The zero-order valence-corrected chi connectivity index (χ0v) is 9.30. The third-order valence-electron chi connectivity index (χ3n) is 1.41. The van der Waals surface area contributed by atoms with Gasteiger partial charge >= 0.3 is 0 Å². The van der Waals surface area contributed by atoms with Gasteiger partial charge in [0.1, 0.15) is 11.8 Å². The predicted octanol–water partition coefficient (Wildman–Crippen LogP) is 1.98. The molecule has 0 aliphatic carbocycles. The van der Waals surface area contributed by atoms with Crippen LogP contribution in [0.5, 0.6) is 0 Å². The summed E-state index contributed by atoms with van der Waals surface area (Å²) in [7, 11) is 0. The summed E-state index contributed by atoms with van der Waals surface area (Å²) in [5.74, 6) is 0.446. The minimum absolute atomic E-state index is 0.361. The van der Waals surface area contributed by atoms with Gasteiger partial charge in [0, 0.05) is 16.7 Å². The van der Waals surface area contributed by atoms with E-state index in [1.54, 1.807) is 6.07 Å². The fourth-order valence-electron chi connectivity index (χ4n) is 0.880. The van der Waals surface area contributed by atoms with Crippen molar-refractivity contribution in [2.24, 2.45) is 0 Å². The van der Waals surface area contributed by atoms with Gasteiger partial charge in [-0.2, -0.15) is 5.26 Å². The maximum Gasteiger partial charge on any atom is 0.224 e. The smallest absolute Gasteiger partial charge is 0.224 e. The highest BCUT2D eigenvalue weighted by molar-refractivity contribution is 9.11. The molecule has 0 amide bonds. The van der Waals surface area contributed by atoms with Crippen LogP contribution < -0.4 is 5.32 Å². The van der Waals surface area contributed by atoms with Crippen LogP contribution in [0.15, 0.2) is 17.1 Å². The molecule has 0 aliphatic rings. The summed E-state index contributed by atoms with van der Waals surface area (Å²) < 4.78 is 0.807. The van der Waals surface area contributed by atoms with Crippen molar-refractivity contribution in [3.63, 3.8) is 0 Å². The van der Waals surface area contributed by atoms with E-state index in [2.05, 4.69) is 37.8 Å². The first-order valence-electron chi connectivity index (χ1n) is 3.95. The number of aromatic nitrogens is 2. The first kappa shape index (κ1) is 10.7. The molecule has 0 saturated carbocycles. The minimum atomic E-state index is 0.361. The van der Waals surface area contributed by atoms with E-state index in [9.17, 15) is 0 Å². The number of hydrogen-bond acceptors (Lipinski definition) is 4. The molecule has 1 N–H and O–H groups in total. The maximum atomic E-state index is 8.67. The first-order valence-corrected chi connectivity index (χ1v) is 4.74. The second-order valence-corrected chi connectivity index (χ2v) is 3.82. The number of nitrogens with one attached hydrogen (secondary N) is 1. The number of aryl methyl sites for hydroxylation is 1. The van der Waals surface area contributed by atoms with E-state index in [1.165, 1.54) is 0 Å². The van der Waals surface area contributed by atoms with Crippen molar-refractivity contribution in [2.75, 3.05) is 11.9 Å². The monoisotopic (exact) mass is 252 g/mol. The van der Waals surface area contributed by atoms with Gasteiger partial charge in [-0.15, -0.1) is 0 Å². The molecule has 72 valence electrons. The third kappa shape index (κ3) is 3.15. The van der Waals surface area contributed by atoms with Gasteiger partial charge in [0.2, 0.25) is 5.95 Å². The molecule has 0 atom stereocenters. The average molecular weight is 253 g/mol. The fourth-order valence-corrected chi connectivity index (χ4v) is 1.02. The largest absolute Gasteiger partial charge is 0.350 e. The molecule has 0 bridgehead atoms. The molecular weight excluding hydrogens is 244 g/mol. The van der Waals surface area contributed by atoms with E-state index in [4.69, 9.17) is 5.26 Å². The van der Waals surface area contributed by atoms with E-state index in [1.807, 2.05) is 13.0 Å². The van der Waals surface area contributed by atoms with Crippen LogP contribution in [0.25, 0.3) is 0 Å². The molecule has 1 heterocycles. The summed E-state index contributed by atoms with van der Waals surface area (Å²) in [6, 6.07) is 3.60. The number of halogens is 1. The summed E-state index contributed by atoms with van der Waals surface area (Å²) in [5, 5.41) is 11.6. The Kier molecular flexibility index (Phi) is 3.60. The number of nitriles is 1. The zero-order chi connectivity index (χ0) is 10.6. The van der Waals surface area contributed by atoms with Crippen molar-refractivity contribution in [1.29, 1.82) is 5.26 Å². The van der Waals surface area contributed by atoms with Gasteiger partial charge < -0.3 is 5.32 Å². The number of rotatable bonds is 3. The molecule has 14 heavy (non-hydrogen) atoms. The van der Waals surface area contributed by atoms with E-state index in [0.29, 0.717) is 18.2 Å². The van der Waals surface area contributed by atoms with E-state index >= 15 is 0 Å². The lowest BCUT2D eigenvalue weighted by atomic mass is 10.3. The Morgan fingerprint density at radius 1 is 1.71 bits per heavy atom. The summed E-state index contributed by atoms with van der Waals surface area (Å²) in [6.45, 7) is 6.02. The van der Waals surface area contributed by atoms with Crippen LogP contribution in [-0.2, 0) is 0 Å². The third-order valence-corrected chi connectivity index (χ3v) is 1.69. The number of anilines is 1. The number of nitrogens with zero attached hydrogens (tertiary/aromatic N) is 3. The minimum Gasteiger partial charge on any atom is -0.350 e. The summed E-state index contributed by atoms with van der Waals surface area (Å²) in [4.78, 5) is 8.10. The van der Waals surface area contributed by atoms with Crippen molar-refractivity contribution in [1.82, 2.24) is 9.97 Å². The molecule has 0 aliphatic heterocycles. The second-order valence-electron chi connectivity index (χ2n) is 2.70. The highest BCUT2D eigenvalue weighted by Crippen LogP contribution is 2.06. The van der Waals surface area contributed by atoms with Crippen LogP contribution in [0.3, 0.4) is 0 Å². The molecular formula is C9H9BrN4. The molecule has 0 unspecified atom stereocenters. The zero-order valence-electron chi connectivity index (χ0n) is 7.71. The summed E-state index contributed by atoms with van der Waals surface area (Å²) >= 11 is 3.21. The second kappa shape index (κ2) is 4.72. The lowest BCUT2D eigenvalue weighted by Crippen LogP contribution is -2.06. The molecule has 1 aromatic heterocycles. The van der Waals surface area contributed by atoms with Gasteiger partial charge in [-0.3, -0.25) is 0 Å². The van der Waals surface area contributed by atoms with Gasteiger partial charge in [0.15, 0.2) is 0 Å². The lowest BCUT2D eigenvalue weighted by Gasteiger charge is -2.03. The summed E-state index contributed by atoms with van der Waals surface area (Å²) in [5.41, 5.74) is 1.12. The van der Waals surface area contributed by atoms with Crippen LogP contribution >= 0.6 is 15.9 Å². The maximum absolute atomic E-state index is 8.67. The summed E-state index contributed by atoms with van der Waals surface area (Å²) in [6.07, 6.45) is 0. The molecule has 0 spiro atoms. The molecule has 0 radical (unpaired) electrons. The Bertz CT molecular complexity index is 394. The molecule has 1 aromatic rings. The van der Waals surface area contributed by atoms with Crippen LogP contribution in [0.2, 0.25) is 0 Å². The molecule has 0 aromatic carbocycles. The van der Waals surface area contributed by atoms with Gasteiger partial charge in [-0.05, 0) is 13.0 Å². The molecule has 0 fully saturated rings. The van der Waals surface area contributed by atoms with Crippen LogP contribution in [0, 0.1) is 18.3 Å². The van der Waals surface area contributed by atoms with Crippen molar-refractivity contribution in [2.45, 2.75) is 6.92 Å². The Morgan fingerprint density at radius 3 is 3.00 bits per heavy atom. The standard InChI is InChI=1S/C9H9BrN4/c1-6(10)5-12-9-13-7(2)3-8(4-11)14-9/h3H,1,5H2,2H3,(H,12,13,14). The molecule has 4 nitrogen and oxygen atoms in total. The Balaban J connectivity index is 2.82. The van der Waals surface area contributed by atoms with Crippen molar-refractivity contribution < 1.29 is 0 Å². The Morgan fingerprint density at radius 2 is 2.43 bits per heavy atom. The SMILES string of the molecule is C=C(Br)CNc1nc(C)cc(C#N)n1. The first-order chi connectivity index (χ1) is 6.61. The topological polar surface area (TPSA) is 61.6 Å². The highest BCUT2D eigenvalue weighted by atomic mass is 79.9. The lowest BCUT2D eigenvalue weighted by molar-refractivity contribution is 1.06. The van der Waals surface area contributed by atoms with Crippen LogP contribution in [-0.4, -0.2) is 16.5 Å². The van der Waals surface area contributed by atoms with Crippen LogP contribution in [0.1, 0.15) is 11.4 Å². The normalized spacial score (nSPS) is 9.21. The van der Waals surface area contributed by atoms with Crippen molar-refractivity contribution >= 4 is 21.9 Å². The van der Waals surface area contributed by atoms with Crippen molar-refractivity contribution in [3.05, 3.63) is 28.5 Å². The van der Waals surface area contributed by atoms with Crippen LogP contribution in [0.4, 0.5) is 5.95 Å². The van der Waals surface area contributed by atoms with E-state index in [-0.39, 0.29) is 0 Å². The molecule has 5 heteroatoms. The van der Waals surface area contributed by atoms with Gasteiger partial charge in [0.25, 0.3) is 0 Å². The Labute approximate surface area is 90.8 Å². The van der Waals surface area contributed by atoms with E-state index in [0.717, 1.165) is 10.2 Å². The quantitative estimate of drug-likeness (QED) is 0.894. The predicted molar refractivity (Wildman–Crippen MR) is 58.0 cm³/mol. The molecule has 0 saturated heterocycles. The highest BCUT2D eigenvalue weighted by Gasteiger charge is 2.00. The molecule has 1 rings (SSSR count). The van der Waals surface area contributed by atoms with E-state index < -0.39 is 0 Å². The van der Waals surface area contributed by atoms with Gasteiger partial charge in [-0.25, -0.2) is 9.97 Å². The van der Waals surface area contributed by atoms with Gasteiger partial charge in [0.05, 0.1) is 0 Å². The fraction of sp³-hybridized carbons (Fsp3) is 0.222. The average Bonchev–Trinajstić information content (AvgIpc) is 2.14. The van der Waals surface area contributed by atoms with Gasteiger partial charge in [-0.1, -0.05) is 22.5 Å². The Hall–Kier alpha value is -1.41. The van der Waals surface area contributed by atoms with Crippen molar-refractivity contribution in [3.8, 4) is 6.07 Å².